The van der Waals surface area contributed by atoms with E-state index in [1.807, 2.05) is 0 Å². The molecular weight excluding hydrogens is 386 g/mol. The van der Waals surface area contributed by atoms with Crippen molar-refractivity contribution in [3.05, 3.63) is 42.2 Å². The van der Waals surface area contributed by atoms with Crippen LogP contribution in [0.3, 0.4) is 0 Å². The smallest absolute Gasteiger partial charge is 0.172 e. The van der Waals surface area contributed by atoms with Crippen molar-refractivity contribution < 1.29 is 4.79 Å². The van der Waals surface area contributed by atoms with Crippen LogP contribution in [0.15, 0.2) is 36.7 Å². The zero-order chi connectivity index (χ0) is 21.4. The van der Waals surface area contributed by atoms with Gasteiger partial charge in [-0.2, -0.15) is 0 Å². The quantitative estimate of drug-likeness (QED) is 0.632. The number of hydrogen-bond acceptors (Lipinski definition) is 5. The van der Waals surface area contributed by atoms with Gasteiger partial charge >= 0.3 is 0 Å². The third-order valence-corrected chi connectivity index (χ3v) is 7.16. The van der Waals surface area contributed by atoms with E-state index in [2.05, 4.69) is 58.0 Å². The first-order valence-corrected chi connectivity index (χ1v) is 11.5. The Hall–Kier alpha value is -2.73. The highest BCUT2D eigenvalue weighted by atomic mass is 16.1. The first-order chi connectivity index (χ1) is 15.0. The molecule has 3 aromatic rings. The number of nitrogens with zero attached hydrogens (tertiary/aromatic N) is 4. The SMILES string of the molecule is CN1CCN(c2ccc(-c3cnc4[nH]cc(C(=O)C5(C)CCCCC5)c4n3)cc2)CC1. The number of anilines is 1. The van der Waals surface area contributed by atoms with E-state index >= 15 is 0 Å². The van der Waals surface area contributed by atoms with Gasteiger partial charge in [0, 0.05) is 49.0 Å². The molecule has 6 heteroatoms. The lowest BCUT2D eigenvalue weighted by Crippen LogP contribution is -2.44. The van der Waals surface area contributed by atoms with Crippen LogP contribution in [-0.2, 0) is 0 Å². The molecule has 0 atom stereocenters. The van der Waals surface area contributed by atoms with E-state index in [-0.39, 0.29) is 11.2 Å². The van der Waals surface area contributed by atoms with Crippen LogP contribution in [-0.4, -0.2) is 58.9 Å². The van der Waals surface area contributed by atoms with Gasteiger partial charge < -0.3 is 14.8 Å². The number of rotatable bonds is 4. The highest BCUT2D eigenvalue weighted by Gasteiger charge is 2.36. The normalized spacial score (nSPS) is 19.6. The average molecular weight is 418 g/mol. The van der Waals surface area contributed by atoms with Crippen molar-refractivity contribution in [2.45, 2.75) is 39.0 Å². The average Bonchev–Trinajstić information content (AvgIpc) is 3.23. The molecule has 0 spiro atoms. The molecule has 1 saturated carbocycles. The molecule has 1 saturated heterocycles. The number of H-pyrrole nitrogens is 1. The summed E-state index contributed by atoms with van der Waals surface area (Å²) in [5.41, 5.74) is 4.85. The van der Waals surface area contributed by atoms with Crippen LogP contribution in [0, 0.1) is 5.41 Å². The Morgan fingerprint density at radius 3 is 2.45 bits per heavy atom. The molecule has 2 aromatic heterocycles. The maximum absolute atomic E-state index is 13.4. The van der Waals surface area contributed by atoms with Crippen LogP contribution in [0.4, 0.5) is 5.69 Å². The first-order valence-electron chi connectivity index (χ1n) is 11.5. The highest BCUT2D eigenvalue weighted by molar-refractivity contribution is 6.08. The lowest BCUT2D eigenvalue weighted by molar-refractivity contribution is 0.0751. The van der Waals surface area contributed by atoms with E-state index in [9.17, 15) is 4.79 Å². The summed E-state index contributed by atoms with van der Waals surface area (Å²) in [5, 5.41) is 0. The van der Waals surface area contributed by atoms with Gasteiger partial charge in [0.1, 0.15) is 5.52 Å². The van der Waals surface area contributed by atoms with E-state index in [1.54, 1.807) is 12.4 Å². The number of benzene rings is 1. The van der Waals surface area contributed by atoms with Crippen molar-refractivity contribution in [3.8, 4) is 11.3 Å². The lowest BCUT2D eigenvalue weighted by atomic mass is 9.71. The van der Waals surface area contributed by atoms with Crippen molar-refractivity contribution in [2.24, 2.45) is 5.41 Å². The molecule has 1 N–H and O–H groups in total. The van der Waals surface area contributed by atoms with E-state index in [0.29, 0.717) is 16.7 Å². The fourth-order valence-electron chi connectivity index (χ4n) is 5.00. The second-order valence-electron chi connectivity index (χ2n) is 9.44. The van der Waals surface area contributed by atoms with Crippen LogP contribution < -0.4 is 4.90 Å². The largest absolute Gasteiger partial charge is 0.369 e. The number of likely N-dealkylation sites (N-methyl/N-ethyl adjacent to an activating group) is 1. The zero-order valence-corrected chi connectivity index (χ0v) is 18.5. The number of ketones is 1. The predicted molar refractivity (Wildman–Crippen MR) is 125 cm³/mol. The summed E-state index contributed by atoms with van der Waals surface area (Å²) in [6, 6.07) is 8.55. The molecule has 3 heterocycles. The van der Waals surface area contributed by atoms with Crippen molar-refractivity contribution in [1.29, 1.82) is 0 Å². The Kier molecular flexibility index (Phi) is 5.26. The lowest BCUT2D eigenvalue weighted by Gasteiger charge is -2.34. The summed E-state index contributed by atoms with van der Waals surface area (Å²) in [5.74, 6) is 0.204. The highest BCUT2D eigenvalue weighted by Crippen LogP contribution is 2.39. The number of Topliss-reactive ketones (excluding diaryl/α,β-unsaturated/α-hetero) is 1. The minimum atomic E-state index is -0.283. The molecule has 1 aliphatic heterocycles. The molecule has 162 valence electrons. The molecule has 2 fully saturated rings. The van der Waals surface area contributed by atoms with Gasteiger partial charge in [0.05, 0.1) is 17.5 Å². The third kappa shape index (κ3) is 3.85. The number of carbonyl (C=O) groups is 1. The number of nitrogens with one attached hydrogen (secondary N) is 1. The van der Waals surface area contributed by atoms with E-state index < -0.39 is 0 Å². The maximum Gasteiger partial charge on any atom is 0.172 e. The van der Waals surface area contributed by atoms with Crippen LogP contribution >= 0.6 is 0 Å². The zero-order valence-electron chi connectivity index (χ0n) is 18.5. The third-order valence-electron chi connectivity index (χ3n) is 7.16. The van der Waals surface area contributed by atoms with Crippen molar-refractivity contribution >= 4 is 22.6 Å². The minimum Gasteiger partial charge on any atom is -0.369 e. The molecule has 1 aliphatic carbocycles. The fraction of sp³-hybridized carbons (Fsp3) is 0.480. The van der Waals surface area contributed by atoms with E-state index in [4.69, 9.17) is 4.98 Å². The summed E-state index contributed by atoms with van der Waals surface area (Å²) in [7, 11) is 2.17. The molecule has 2 aliphatic rings. The van der Waals surface area contributed by atoms with Gasteiger partial charge in [-0.3, -0.25) is 4.79 Å². The van der Waals surface area contributed by atoms with Gasteiger partial charge in [-0.15, -0.1) is 0 Å². The van der Waals surface area contributed by atoms with Gasteiger partial charge in [0.2, 0.25) is 0 Å². The molecule has 0 bridgehead atoms. The van der Waals surface area contributed by atoms with Crippen LogP contribution in [0.5, 0.6) is 0 Å². The molecule has 0 unspecified atom stereocenters. The van der Waals surface area contributed by atoms with Gasteiger partial charge in [-0.1, -0.05) is 38.3 Å². The fourth-order valence-corrected chi connectivity index (χ4v) is 5.00. The molecule has 0 amide bonds. The van der Waals surface area contributed by atoms with Crippen molar-refractivity contribution in [1.82, 2.24) is 19.9 Å². The Morgan fingerprint density at radius 1 is 1.03 bits per heavy atom. The standard InChI is InChI=1S/C25H31N5O/c1-25(10-4-3-5-11-25)23(31)20-16-26-24-22(20)28-21(17-27-24)18-6-8-19(9-7-18)30-14-12-29(2)13-15-30/h6-9,16-17H,3-5,10-15H2,1-2H3,(H,26,27). The Bertz CT molecular complexity index is 1070. The van der Waals surface area contributed by atoms with Gasteiger partial charge in [0.25, 0.3) is 0 Å². The Balaban J connectivity index is 1.42. The van der Waals surface area contributed by atoms with E-state index in [1.165, 1.54) is 12.1 Å². The van der Waals surface area contributed by atoms with Gasteiger partial charge in [0.15, 0.2) is 11.4 Å². The number of aromatic amines is 1. The van der Waals surface area contributed by atoms with Gasteiger partial charge in [-0.05, 0) is 32.0 Å². The number of fused-ring (bicyclic) bond motifs is 1. The number of carbonyl (C=O) groups excluding carboxylic acids is 1. The number of hydrogen-bond donors (Lipinski definition) is 1. The predicted octanol–water partition coefficient (Wildman–Crippen LogP) is 4.53. The number of aromatic nitrogens is 3. The van der Waals surface area contributed by atoms with Crippen molar-refractivity contribution in [2.75, 3.05) is 38.1 Å². The maximum atomic E-state index is 13.4. The molecular formula is C25H31N5O. The van der Waals surface area contributed by atoms with Gasteiger partial charge in [-0.25, -0.2) is 9.97 Å². The van der Waals surface area contributed by atoms with Crippen LogP contribution in [0.25, 0.3) is 22.4 Å². The topological polar surface area (TPSA) is 65.1 Å². The molecule has 31 heavy (non-hydrogen) atoms. The molecule has 6 nitrogen and oxygen atoms in total. The molecule has 1 aromatic carbocycles. The Morgan fingerprint density at radius 2 is 1.74 bits per heavy atom. The minimum absolute atomic E-state index is 0.204. The summed E-state index contributed by atoms with van der Waals surface area (Å²) in [6.07, 6.45) is 8.99. The van der Waals surface area contributed by atoms with Crippen LogP contribution in [0.2, 0.25) is 0 Å². The van der Waals surface area contributed by atoms with Crippen molar-refractivity contribution in [3.63, 3.8) is 0 Å². The number of piperazine rings is 1. The first kappa shape index (κ1) is 20.2. The second-order valence-corrected chi connectivity index (χ2v) is 9.44. The summed E-state index contributed by atoms with van der Waals surface area (Å²) < 4.78 is 0. The summed E-state index contributed by atoms with van der Waals surface area (Å²) in [4.78, 5) is 30.8. The monoisotopic (exact) mass is 417 g/mol. The second kappa shape index (κ2) is 8.08. The summed E-state index contributed by atoms with van der Waals surface area (Å²) in [6.45, 7) is 6.40. The van der Waals surface area contributed by atoms with Crippen LogP contribution in [0.1, 0.15) is 49.4 Å². The molecule has 0 radical (unpaired) electrons. The summed E-state index contributed by atoms with van der Waals surface area (Å²) >= 11 is 0. The van der Waals surface area contributed by atoms with E-state index in [0.717, 1.165) is 63.1 Å². The molecule has 5 rings (SSSR count). The Labute approximate surface area is 183 Å².